The molecule has 0 saturated heterocycles. The van der Waals surface area contributed by atoms with Crippen molar-refractivity contribution in [3.8, 4) is 17.1 Å². The lowest BCUT2D eigenvalue weighted by Gasteiger charge is -2.13. The zero-order valence-corrected chi connectivity index (χ0v) is 14.0. The minimum absolute atomic E-state index is 0.00102. The number of hydrogen-bond donors (Lipinski definition) is 1. The van der Waals surface area contributed by atoms with E-state index in [9.17, 15) is 4.79 Å². The zero-order chi connectivity index (χ0) is 17.3. The fourth-order valence-electron chi connectivity index (χ4n) is 2.92. The molecule has 0 saturated carbocycles. The first-order valence-electron chi connectivity index (χ1n) is 7.86. The standard InChI is InChI=1S/C19H20N2O3/c1-12(2)21-17-8-7-13(10-18(22)23)9-16(17)20-19(21)14-5-4-6-15(11-14)24-3/h4-9,11-12H,10H2,1-3H3,(H,22,23). The number of rotatable bonds is 5. The molecule has 0 atom stereocenters. The van der Waals surface area contributed by atoms with Crippen molar-refractivity contribution in [2.24, 2.45) is 0 Å². The smallest absolute Gasteiger partial charge is 0.307 e. The van der Waals surface area contributed by atoms with E-state index in [-0.39, 0.29) is 12.5 Å². The molecular formula is C19H20N2O3. The fourth-order valence-corrected chi connectivity index (χ4v) is 2.92. The maximum atomic E-state index is 10.9. The first-order valence-corrected chi connectivity index (χ1v) is 7.86. The van der Waals surface area contributed by atoms with Crippen molar-refractivity contribution in [3.63, 3.8) is 0 Å². The Morgan fingerprint density at radius 2 is 2.04 bits per heavy atom. The number of imidazole rings is 1. The lowest BCUT2D eigenvalue weighted by atomic mass is 10.1. The summed E-state index contributed by atoms with van der Waals surface area (Å²) in [5.41, 5.74) is 3.52. The summed E-state index contributed by atoms with van der Waals surface area (Å²) < 4.78 is 7.47. The van der Waals surface area contributed by atoms with Crippen molar-refractivity contribution < 1.29 is 14.6 Å². The van der Waals surface area contributed by atoms with E-state index in [0.29, 0.717) is 0 Å². The Balaban J connectivity index is 2.19. The topological polar surface area (TPSA) is 64.3 Å². The van der Waals surface area contributed by atoms with Crippen molar-refractivity contribution in [2.45, 2.75) is 26.3 Å². The van der Waals surface area contributed by atoms with Crippen LogP contribution >= 0.6 is 0 Å². The van der Waals surface area contributed by atoms with Gasteiger partial charge in [0.05, 0.1) is 24.6 Å². The van der Waals surface area contributed by atoms with Crippen molar-refractivity contribution in [2.75, 3.05) is 7.11 Å². The third-order valence-electron chi connectivity index (χ3n) is 3.95. The minimum atomic E-state index is -0.842. The largest absolute Gasteiger partial charge is 0.497 e. The quantitative estimate of drug-likeness (QED) is 0.772. The third-order valence-corrected chi connectivity index (χ3v) is 3.95. The van der Waals surface area contributed by atoms with Crippen LogP contribution in [-0.4, -0.2) is 27.7 Å². The molecule has 0 amide bonds. The Morgan fingerprint density at radius 3 is 2.71 bits per heavy atom. The summed E-state index contributed by atoms with van der Waals surface area (Å²) in [5.74, 6) is 0.790. The second kappa shape index (κ2) is 6.35. The molecule has 1 N–H and O–H groups in total. The highest BCUT2D eigenvalue weighted by molar-refractivity contribution is 5.83. The first-order chi connectivity index (χ1) is 11.5. The van der Waals surface area contributed by atoms with E-state index in [4.69, 9.17) is 14.8 Å². The monoisotopic (exact) mass is 324 g/mol. The van der Waals surface area contributed by atoms with Gasteiger partial charge in [-0.05, 0) is 43.7 Å². The summed E-state index contributed by atoms with van der Waals surface area (Å²) >= 11 is 0. The van der Waals surface area contributed by atoms with Crippen LogP contribution in [0.5, 0.6) is 5.75 Å². The van der Waals surface area contributed by atoms with Gasteiger partial charge in [-0.25, -0.2) is 4.98 Å². The van der Waals surface area contributed by atoms with Crippen molar-refractivity contribution in [1.29, 1.82) is 0 Å². The van der Waals surface area contributed by atoms with Gasteiger partial charge in [0.2, 0.25) is 0 Å². The van der Waals surface area contributed by atoms with Gasteiger partial charge < -0.3 is 14.4 Å². The van der Waals surface area contributed by atoms with Crippen molar-refractivity contribution >= 4 is 17.0 Å². The van der Waals surface area contributed by atoms with Crippen LogP contribution in [-0.2, 0) is 11.2 Å². The summed E-state index contributed by atoms with van der Waals surface area (Å²) in [4.78, 5) is 15.7. The number of carboxylic acids is 1. The number of methoxy groups -OCH3 is 1. The van der Waals surface area contributed by atoms with Gasteiger partial charge in [0, 0.05) is 11.6 Å². The molecule has 1 heterocycles. The van der Waals surface area contributed by atoms with Crippen LogP contribution in [0, 0.1) is 0 Å². The van der Waals surface area contributed by atoms with E-state index in [1.807, 2.05) is 42.5 Å². The number of hydrogen-bond acceptors (Lipinski definition) is 3. The van der Waals surface area contributed by atoms with E-state index in [1.54, 1.807) is 7.11 Å². The Morgan fingerprint density at radius 1 is 1.25 bits per heavy atom. The lowest BCUT2D eigenvalue weighted by Crippen LogP contribution is -2.03. The minimum Gasteiger partial charge on any atom is -0.497 e. The van der Waals surface area contributed by atoms with Gasteiger partial charge in [-0.2, -0.15) is 0 Å². The predicted molar refractivity (Wildman–Crippen MR) is 93.4 cm³/mol. The van der Waals surface area contributed by atoms with Gasteiger partial charge >= 0.3 is 5.97 Å². The Kier molecular flexibility index (Phi) is 4.25. The summed E-state index contributed by atoms with van der Waals surface area (Å²) in [6.45, 7) is 4.21. The molecule has 0 spiro atoms. The van der Waals surface area contributed by atoms with E-state index >= 15 is 0 Å². The molecule has 0 aliphatic rings. The van der Waals surface area contributed by atoms with E-state index in [1.165, 1.54) is 0 Å². The van der Waals surface area contributed by atoms with Gasteiger partial charge in [-0.3, -0.25) is 4.79 Å². The van der Waals surface area contributed by atoms with Crippen LogP contribution in [0.15, 0.2) is 42.5 Å². The molecule has 3 rings (SSSR count). The van der Waals surface area contributed by atoms with Crippen LogP contribution in [0.1, 0.15) is 25.5 Å². The SMILES string of the molecule is COc1cccc(-c2nc3cc(CC(=O)O)ccc3n2C(C)C)c1. The first kappa shape index (κ1) is 16.1. The molecule has 24 heavy (non-hydrogen) atoms. The number of benzene rings is 2. The number of carbonyl (C=O) groups is 1. The van der Waals surface area contributed by atoms with Gasteiger partial charge in [0.25, 0.3) is 0 Å². The zero-order valence-electron chi connectivity index (χ0n) is 14.0. The molecule has 2 aromatic carbocycles. The molecule has 0 radical (unpaired) electrons. The maximum Gasteiger partial charge on any atom is 0.307 e. The highest BCUT2D eigenvalue weighted by Crippen LogP contribution is 2.30. The second-order valence-corrected chi connectivity index (χ2v) is 6.02. The average molecular weight is 324 g/mol. The van der Waals surface area contributed by atoms with Gasteiger partial charge in [0.1, 0.15) is 11.6 Å². The predicted octanol–water partition coefficient (Wildman–Crippen LogP) is 3.92. The number of aliphatic carboxylic acids is 1. The molecule has 0 bridgehead atoms. The van der Waals surface area contributed by atoms with Gasteiger partial charge in [0.15, 0.2) is 0 Å². The van der Waals surface area contributed by atoms with Crippen LogP contribution in [0.2, 0.25) is 0 Å². The molecule has 1 aromatic heterocycles. The highest BCUT2D eigenvalue weighted by atomic mass is 16.5. The molecule has 124 valence electrons. The number of aromatic nitrogens is 2. The maximum absolute atomic E-state index is 10.9. The summed E-state index contributed by atoms with van der Waals surface area (Å²) in [5, 5.41) is 8.98. The second-order valence-electron chi connectivity index (χ2n) is 6.02. The number of nitrogens with zero attached hydrogens (tertiary/aromatic N) is 2. The van der Waals surface area contributed by atoms with Crippen LogP contribution in [0.4, 0.5) is 0 Å². The molecule has 0 aliphatic carbocycles. The summed E-state index contributed by atoms with van der Waals surface area (Å²) in [6, 6.07) is 13.7. The van der Waals surface area contributed by atoms with E-state index in [0.717, 1.165) is 33.7 Å². The van der Waals surface area contributed by atoms with Crippen LogP contribution in [0.25, 0.3) is 22.4 Å². The van der Waals surface area contributed by atoms with Crippen molar-refractivity contribution in [3.05, 3.63) is 48.0 Å². The van der Waals surface area contributed by atoms with E-state index < -0.39 is 5.97 Å². The van der Waals surface area contributed by atoms with E-state index in [2.05, 4.69) is 18.4 Å². The van der Waals surface area contributed by atoms with Crippen LogP contribution in [0.3, 0.4) is 0 Å². The normalized spacial score (nSPS) is 11.2. The third kappa shape index (κ3) is 2.97. The van der Waals surface area contributed by atoms with Gasteiger partial charge in [-0.15, -0.1) is 0 Å². The molecular weight excluding hydrogens is 304 g/mol. The molecule has 5 heteroatoms. The molecule has 0 fully saturated rings. The Bertz CT molecular complexity index is 897. The fraction of sp³-hybridized carbons (Fsp3) is 0.263. The average Bonchev–Trinajstić information content (AvgIpc) is 2.93. The number of ether oxygens (including phenoxy) is 1. The van der Waals surface area contributed by atoms with Crippen molar-refractivity contribution in [1.82, 2.24) is 9.55 Å². The summed E-state index contributed by atoms with van der Waals surface area (Å²) in [7, 11) is 1.64. The number of fused-ring (bicyclic) bond motifs is 1. The van der Waals surface area contributed by atoms with Gasteiger partial charge in [-0.1, -0.05) is 18.2 Å². The number of carboxylic acid groups (broad SMARTS) is 1. The Labute approximate surface area is 140 Å². The van der Waals surface area contributed by atoms with Crippen LogP contribution < -0.4 is 4.74 Å². The molecule has 3 aromatic rings. The highest BCUT2D eigenvalue weighted by Gasteiger charge is 2.16. The lowest BCUT2D eigenvalue weighted by molar-refractivity contribution is -0.136. The molecule has 0 aliphatic heterocycles. The molecule has 0 unspecified atom stereocenters. The summed E-state index contributed by atoms with van der Waals surface area (Å²) in [6.07, 6.45) is -0.00102. The molecule has 5 nitrogen and oxygen atoms in total. The Hall–Kier alpha value is -2.82.